The Morgan fingerprint density at radius 1 is 1.36 bits per heavy atom. The molecule has 162 valence electrons. The smallest absolute Gasteiger partial charge is 0.250 e. The molecule has 10 heteroatoms. The highest BCUT2D eigenvalue weighted by Crippen LogP contribution is 2.20. The van der Waals surface area contributed by atoms with Crippen LogP contribution in [-0.2, 0) is 10.0 Å². The first-order valence-corrected chi connectivity index (χ1v) is 11.9. The van der Waals surface area contributed by atoms with Crippen LogP contribution >= 0.6 is 35.3 Å². The summed E-state index contributed by atoms with van der Waals surface area (Å²) >= 11 is 1.28. The monoisotopic (exact) mass is 543 g/mol. The van der Waals surface area contributed by atoms with Gasteiger partial charge in [0.25, 0.3) is 0 Å². The van der Waals surface area contributed by atoms with Gasteiger partial charge in [-0.3, -0.25) is 9.89 Å². The summed E-state index contributed by atoms with van der Waals surface area (Å²) in [7, 11) is -3.45. The number of likely N-dealkylation sites (tertiary alicyclic amines) is 1. The summed E-state index contributed by atoms with van der Waals surface area (Å²) in [5.41, 5.74) is 0. The molecule has 2 unspecified atom stereocenters. The molecule has 3 N–H and O–H groups in total. The minimum absolute atomic E-state index is 0. The molecule has 1 aromatic heterocycles. The molecule has 1 aliphatic rings. The number of nitrogens with one attached hydrogen (secondary N) is 3. The summed E-state index contributed by atoms with van der Waals surface area (Å²) in [6.07, 6.45) is 0. The summed E-state index contributed by atoms with van der Waals surface area (Å²) in [6, 6.07) is 4.33. The molecular weight excluding hydrogens is 509 g/mol. The number of nitrogens with zero attached hydrogens (tertiary/aromatic N) is 2. The molecule has 1 saturated heterocycles. The summed E-state index contributed by atoms with van der Waals surface area (Å²) in [5, 5.41) is 6.76. The maximum atomic E-state index is 12.3. The Labute approximate surface area is 190 Å². The van der Waals surface area contributed by atoms with E-state index in [9.17, 15) is 8.42 Å². The molecule has 2 rings (SSSR count). The largest absolute Gasteiger partial charge is 0.357 e. The second kappa shape index (κ2) is 11.7. The number of aryl methyl sites for hydroxylation is 1. The number of hydrogen-bond donors (Lipinski definition) is 3. The highest BCUT2D eigenvalue weighted by Gasteiger charge is 2.31. The first-order chi connectivity index (χ1) is 12.7. The molecule has 7 nitrogen and oxygen atoms in total. The molecule has 0 aliphatic carbocycles. The second-order valence-electron chi connectivity index (χ2n) is 7.30. The summed E-state index contributed by atoms with van der Waals surface area (Å²) in [5.74, 6) is 1.28. The number of aliphatic imine (C=N–C) groups is 1. The van der Waals surface area contributed by atoms with Crippen LogP contribution in [0.3, 0.4) is 0 Å². The number of sulfonamides is 1. The van der Waals surface area contributed by atoms with E-state index in [4.69, 9.17) is 0 Å². The fraction of sp³-hybridized carbons (Fsp3) is 0.722. The van der Waals surface area contributed by atoms with Gasteiger partial charge in [-0.15, -0.1) is 35.3 Å². The van der Waals surface area contributed by atoms with E-state index in [1.54, 1.807) is 6.07 Å². The van der Waals surface area contributed by atoms with Crippen LogP contribution in [0, 0.1) is 12.8 Å². The molecule has 0 spiro atoms. The predicted octanol–water partition coefficient (Wildman–Crippen LogP) is 2.24. The van der Waals surface area contributed by atoms with Crippen molar-refractivity contribution in [1.29, 1.82) is 0 Å². The molecule has 0 amide bonds. The van der Waals surface area contributed by atoms with Crippen molar-refractivity contribution in [3.8, 4) is 0 Å². The molecule has 1 fully saturated rings. The van der Waals surface area contributed by atoms with Crippen LogP contribution < -0.4 is 15.4 Å². The second-order valence-corrected chi connectivity index (χ2v) is 10.6. The minimum atomic E-state index is -3.45. The molecule has 1 aromatic rings. The van der Waals surface area contributed by atoms with E-state index in [-0.39, 0.29) is 30.5 Å². The van der Waals surface area contributed by atoms with Crippen LogP contribution in [0.2, 0.25) is 0 Å². The van der Waals surface area contributed by atoms with E-state index < -0.39 is 10.0 Å². The van der Waals surface area contributed by atoms with Gasteiger partial charge >= 0.3 is 0 Å². The Hall–Kier alpha value is -0.430. The lowest BCUT2D eigenvalue weighted by atomic mass is 10.1. The van der Waals surface area contributed by atoms with Gasteiger partial charge in [0, 0.05) is 43.1 Å². The molecule has 2 atom stereocenters. The van der Waals surface area contributed by atoms with Gasteiger partial charge < -0.3 is 10.6 Å². The molecule has 0 aromatic carbocycles. The highest BCUT2D eigenvalue weighted by molar-refractivity contribution is 14.0. The summed E-state index contributed by atoms with van der Waals surface area (Å²) in [4.78, 5) is 7.98. The molecule has 0 radical (unpaired) electrons. The van der Waals surface area contributed by atoms with Gasteiger partial charge in [0.15, 0.2) is 5.96 Å². The van der Waals surface area contributed by atoms with Gasteiger partial charge in [0.05, 0.1) is 6.54 Å². The van der Waals surface area contributed by atoms with Crippen LogP contribution in [0.25, 0.3) is 0 Å². The maximum Gasteiger partial charge on any atom is 0.250 e. The van der Waals surface area contributed by atoms with Crippen LogP contribution in [0.4, 0.5) is 0 Å². The third-order valence-electron chi connectivity index (χ3n) is 4.69. The van der Waals surface area contributed by atoms with Gasteiger partial charge in [-0.25, -0.2) is 13.1 Å². The van der Waals surface area contributed by atoms with Gasteiger partial charge in [-0.05, 0) is 45.7 Å². The lowest BCUT2D eigenvalue weighted by Gasteiger charge is -2.22. The van der Waals surface area contributed by atoms with Gasteiger partial charge in [-0.1, -0.05) is 6.92 Å². The number of rotatable bonds is 8. The van der Waals surface area contributed by atoms with E-state index in [1.165, 1.54) is 11.3 Å². The molecule has 2 heterocycles. The Kier molecular flexibility index (Phi) is 10.7. The Morgan fingerprint density at radius 2 is 2.07 bits per heavy atom. The van der Waals surface area contributed by atoms with Gasteiger partial charge in [0.1, 0.15) is 4.21 Å². The topological polar surface area (TPSA) is 85.8 Å². The maximum absolute atomic E-state index is 12.3. The average Bonchev–Trinajstić information content (AvgIpc) is 3.19. The van der Waals surface area contributed by atoms with Gasteiger partial charge in [0.2, 0.25) is 10.0 Å². The normalized spacial score (nSPS) is 21.0. The summed E-state index contributed by atoms with van der Waals surface area (Å²) < 4.78 is 27.5. The molecular formula is C18H34IN5O2S2. The van der Waals surface area contributed by atoms with Crippen molar-refractivity contribution < 1.29 is 8.42 Å². The standard InChI is InChI=1S/C18H33N5O2S2.HI/c1-6-19-18(22-16-12-23(13(2)3)11-14(16)4)20-9-10-21-27(24,25)17-8-7-15(5)26-17;/h7-8,13-14,16,21H,6,9-12H2,1-5H3,(H2,19,20,22);1H. The van der Waals surface area contributed by atoms with E-state index in [1.807, 2.05) is 19.9 Å². The lowest BCUT2D eigenvalue weighted by molar-refractivity contribution is 0.265. The lowest BCUT2D eigenvalue weighted by Crippen LogP contribution is -2.47. The Bertz CT molecular complexity index is 736. The van der Waals surface area contributed by atoms with E-state index >= 15 is 0 Å². The minimum Gasteiger partial charge on any atom is -0.357 e. The highest BCUT2D eigenvalue weighted by atomic mass is 127. The number of halogens is 1. The third-order valence-corrected chi connectivity index (χ3v) is 7.65. The number of thiophene rings is 1. The number of hydrogen-bond acceptors (Lipinski definition) is 5. The first kappa shape index (κ1) is 25.6. The van der Waals surface area contributed by atoms with Crippen molar-refractivity contribution in [2.45, 2.75) is 50.9 Å². The van der Waals surface area contributed by atoms with Crippen molar-refractivity contribution in [2.75, 3.05) is 32.7 Å². The van der Waals surface area contributed by atoms with Crippen molar-refractivity contribution in [2.24, 2.45) is 10.9 Å². The number of guanidine groups is 1. The molecule has 0 bridgehead atoms. The fourth-order valence-corrected chi connectivity index (χ4v) is 5.43. The summed E-state index contributed by atoms with van der Waals surface area (Å²) in [6.45, 7) is 14.1. The fourth-order valence-electron chi connectivity index (χ4n) is 3.08. The zero-order chi connectivity index (χ0) is 20.0. The molecule has 1 aliphatic heterocycles. The van der Waals surface area contributed by atoms with Crippen LogP contribution in [-0.4, -0.2) is 64.1 Å². The SMILES string of the molecule is CCNC(=NCCNS(=O)(=O)c1ccc(C)s1)NC1CN(C(C)C)CC1C.I. The predicted molar refractivity (Wildman–Crippen MR) is 128 cm³/mol. The van der Waals surface area contributed by atoms with Crippen LogP contribution in [0.15, 0.2) is 21.3 Å². The average molecular weight is 544 g/mol. The molecule has 28 heavy (non-hydrogen) atoms. The zero-order valence-electron chi connectivity index (χ0n) is 17.4. The van der Waals surface area contributed by atoms with Crippen molar-refractivity contribution >= 4 is 51.3 Å². The van der Waals surface area contributed by atoms with E-state index in [0.717, 1.165) is 30.5 Å². The Morgan fingerprint density at radius 3 is 2.61 bits per heavy atom. The zero-order valence-corrected chi connectivity index (χ0v) is 21.3. The van der Waals surface area contributed by atoms with Gasteiger partial charge in [-0.2, -0.15) is 0 Å². The van der Waals surface area contributed by atoms with E-state index in [2.05, 4.69) is 46.0 Å². The van der Waals surface area contributed by atoms with Crippen molar-refractivity contribution in [3.63, 3.8) is 0 Å². The molecule has 0 saturated carbocycles. The van der Waals surface area contributed by atoms with Crippen LogP contribution in [0.1, 0.15) is 32.6 Å². The first-order valence-electron chi connectivity index (χ1n) is 9.58. The Balaban J connectivity index is 0.00000392. The van der Waals surface area contributed by atoms with Crippen molar-refractivity contribution in [1.82, 2.24) is 20.3 Å². The van der Waals surface area contributed by atoms with Crippen molar-refractivity contribution in [3.05, 3.63) is 17.0 Å². The van der Waals surface area contributed by atoms with E-state index in [0.29, 0.717) is 28.8 Å². The third kappa shape index (κ3) is 7.43. The quantitative estimate of drug-likeness (QED) is 0.203. The van der Waals surface area contributed by atoms with Crippen LogP contribution in [0.5, 0.6) is 0 Å².